The first-order valence-electron chi connectivity index (χ1n) is 9.09. The molecule has 0 radical (unpaired) electrons. The largest absolute Gasteiger partial charge is 0.481 e. The van der Waals surface area contributed by atoms with Gasteiger partial charge in [-0.3, -0.25) is 9.59 Å². The summed E-state index contributed by atoms with van der Waals surface area (Å²) in [6.07, 6.45) is 3.81. The average Bonchev–Trinajstić information content (AvgIpc) is 2.98. The van der Waals surface area contributed by atoms with Crippen LogP contribution in [0.3, 0.4) is 0 Å². The van der Waals surface area contributed by atoms with E-state index in [1.165, 1.54) is 5.57 Å². The number of aliphatic carboxylic acids is 1. The molecule has 0 amide bonds. The minimum Gasteiger partial charge on any atom is -0.481 e. The van der Waals surface area contributed by atoms with Gasteiger partial charge in [-0.25, -0.2) is 0 Å². The summed E-state index contributed by atoms with van der Waals surface area (Å²) in [6, 6.07) is 0. The molecule has 5 aliphatic rings. The topological polar surface area (TPSA) is 83.8 Å². The Bertz CT molecular complexity index is 685. The summed E-state index contributed by atoms with van der Waals surface area (Å²) in [5.41, 5.74) is -0.953. The SMILES string of the molecule is C=C1CC23C[C@H]1CC[C@H]2C12CC[C@H](O)[C@@](C)(C(=O)O1)[C@H]2[C@@H]3C(=O)O. The fraction of sp³-hybridized carbons (Fsp3) is 0.789. The molecule has 5 heteroatoms. The van der Waals surface area contributed by atoms with Crippen LogP contribution >= 0.6 is 0 Å². The fourth-order valence-electron chi connectivity index (χ4n) is 7.66. The van der Waals surface area contributed by atoms with E-state index in [1.54, 1.807) is 6.92 Å². The Labute approximate surface area is 141 Å². The van der Waals surface area contributed by atoms with E-state index in [1.807, 2.05) is 0 Å². The average molecular weight is 332 g/mol. The van der Waals surface area contributed by atoms with Crippen LogP contribution in [0.4, 0.5) is 0 Å². The number of hydrogen-bond donors (Lipinski definition) is 2. The van der Waals surface area contributed by atoms with Crippen LogP contribution in [0, 0.1) is 34.5 Å². The highest BCUT2D eigenvalue weighted by Gasteiger charge is 2.83. The van der Waals surface area contributed by atoms with Crippen molar-refractivity contribution in [2.75, 3.05) is 0 Å². The van der Waals surface area contributed by atoms with Gasteiger partial charge in [0.2, 0.25) is 0 Å². The predicted octanol–water partition coefficient (Wildman–Crippen LogP) is 2.14. The minimum absolute atomic E-state index is 0.0878. The second-order valence-electron chi connectivity index (χ2n) is 9.07. The van der Waals surface area contributed by atoms with Gasteiger partial charge in [-0.2, -0.15) is 0 Å². The van der Waals surface area contributed by atoms with Crippen LogP contribution in [0.25, 0.3) is 0 Å². The lowest BCUT2D eigenvalue weighted by atomic mass is 9.59. The number of aliphatic hydroxyl groups excluding tert-OH is 1. The predicted molar refractivity (Wildman–Crippen MR) is 83.8 cm³/mol. The van der Waals surface area contributed by atoms with Crippen LogP contribution in [0.5, 0.6) is 0 Å². The van der Waals surface area contributed by atoms with Gasteiger partial charge in [0.25, 0.3) is 0 Å². The highest BCUT2D eigenvalue weighted by atomic mass is 16.6. The van der Waals surface area contributed by atoms with E-state index in [9.17, 15) is 19.8 Å². The van der Waals surface area contributed by atoms with Crippen molar-refractivity contribution in [1.82, 2.24) is 0 Å². The number of rotatable bonds is 1. The van der Waals surface area contributed by atoms with Crippen molar-refractivity contribution < 1.29 is 24.5 Å². The molecule has 1 heterocycles. The van der Waals surface area contributed by atoms with Crippen molar-refractivity contribution in [3.05, 3.63) is 12.2 Å². The number of hydrogen-bond acceptors (Lipinski definition) is 4. The van der Waals surface area contributed by atoms with Gasteiger partial charge in [0.1, 0.15) is 5.60 Å². The summed E-state index contributed by atoms with van der Waals surface area (Å²) in [6.45, 7) is 5.95. The molecule has 5 rings (SSSR count). The molecule has 4 aliphatic carbocycles. The minimum atomic E-state index is -1.09. The first-order chi connectivity index (χ1) is 11.3. The monoisotopic (exact) mass is 332 g/mol. The number of carboxylic acid groups (broad SMARTS) is 1. The molecule has 0 aromatic rings. The molecule has 2 N–H and O–H groups in total. The van der Waals surface area contributed by atoms with Gasteiger partial charge in [0.05, 0.1) is 17.4 Å². The molecule has 1 spiro atoms. The molecule has 8 atom stereocenters. The van der Waals surface area contributed by atoms with Gasteiger partial charge in [0, 0.05) is 11.8 Å². The molecule has 5 fully saturated rings. The van der Waals surface area contributed by atoms with Crippen molar-refractivity contribution in [3.8, 4) is 0 Å². The molecular formula is C19H24O5. The van der Waals surface area contributed by atoms with E-state index in [2.05, 4.69) is 6.58 Å². The molecule has 4 saturated carbocycles. The van der Waals surface area contributed by atoms with E-state index in [-0.39, 0.29) is 11.3 Å². The second-order valence-corrected chi connectivity index (χ2v) is 9.07. The smallest absolute Gasteiger partial charge is 0.315 e. The van der Waals surface area contributed by atoms with Crippen molar-refractivity contribution >= 4 is 11.9 Å². The number of carbonyl (C=O) groups excluding carboxylic acids is 1. The lowest BCUT2D eigenvalue weighted by molar-refractivity contribution is -0.162. The normalized spacial score (nSPS) is 57.5. The van der Waals surface area contributed by atoms with Crippen molar-refractivity contribution in [2.45, 2.75) is 57.2 Å². The fourth-order valence-corrected chi connectivity index (χ4v) is 7.66. The van der Waals surface area contributed by atoms with Crippen molar-refractivity contribution in [1.29, 1.82) is 0 Å². The molecule has 2 unspecified atom stereocenters. The van der Waals surface area contributed by atoms with E-state index >= 15 is 0 Å². The van der Waals surface area contributed by atoms with Crippen LogP contribution in [0.15, 0.2) is 12.2 Å². The van der Waals surface area contributed by atoms with E-state index in [4.69, 9.17) is 4.74 Å². The second kappa shape index (κ2) is 4.06. The maximum absolute atomic E-state index is 12.7. The van der Waals surface area contributed by atoms with Gasteiger partial charge in [-0.15, -0.1) is 0 Å². The molecule has 0 aromatic heterocycles. The Balaban J connectivity index is 1.76. The molecule has 5 nitrogen and oxygen atoms in total. The Morgan fingerprint density at radius 1 is 1.33 bits per heavy atom. The number of fused-ring (bicyclic) bond motifs is 1. The first-order valence-corrected chi connectivity index (χ1v) is 9.09. The molecular weight excluding hydrogens is 308 g/mol. The van der Waals surface area contributed by atoms with E-state index in [0.29, 0.717) is 18.8 Å². The lowest BCUT2D eigenvalue weighted by Gasteiger charge is -2.44. The molecule has 24 heavy (non-hydrogen) atoms. The van der Waals surface area contributed by atoms with E-state index < -0.39 is 40.9 Å². The summed E-state index contributed by atoms with van der Waals surface area (Å²) >= 11 is 0. The Hall–Kier alpha value is -1.36. The zero-order chi connectivity index (χ0) is 17.1. The quantitative estimate of drug-likeness (QED) is 0.568. The standard InChI is InChI=1S/C19H24O5/c1-9-7-18-8-10(9)3-4-11(18)19-6-5-12(20)17(2,16(23)24-19)14(19)13(18)15(21)22/h10-14,20H,1,3-8H2,2H3,(H,21,22)/t10-,11-,12+,13-,14-,17-,18?,19?/m1/s1. The summed E-state index contributed by atoms with van der Waals surface area (Å²) in [7, 11) is 0. The summed E-state index contributed by atoms with van der Waals surface area (Å²) < 4.78 is 6.01. The van der Waals surface area contributed by atoms with Crippen LogP contribution in [-0.2, 0) is 14.3 Å². The highest BCUT2D eigenvalue weighted by Crippen LogP contribution is 2.77. The van der Waals surface area contributed by atoms with Gasteiger partial charge < -0.3 is 14.9 Å². The number of allylic oxidation sites excluding steroid dienone is 1. The van der Waals surface area contributed by atoms with Gasteiger partial charge in [-0.1, -0.05) is 12.2 Å². The Morgan fingerprint density at radius 2 is 2.08 bits per heavy atom. The molecule has 4 bridgehead atoms. The number of ether oxygens (including phenoxy) is 1. The Morgan fingerprint density at radius 3 is 2.79 bits per heavy atom. The van der Waals surface area contributed by atoms with Gasteiger partial charge >= 0.3 is 11.9 Å². The zero-order valence-corrected chi connectivity index (χ0v) is 14.0. The molecule has 1 saturated heterocycles. The third-order valence-electron chi connectivity index (χ3n) is 8.46. The van der Waals surface area contributed by atoms with Crippen LogP contribution in [0.1, 0.15) is 45.4 Å². The van der Waals surface area contributed by atoms with Gasteiger partial charge in [-0.05, 0) is 56.8 Å². The molecule has 130 valence electrons. The van der Waals surface area contributed by atoms with Gasteiger partial charge in [0.15, 0.2) is 0 Å². The van der Waals surface area contributed by atoms with Crippen LogP contribution in [-0.4, -0.2) is 33.9 Å². The Kier molecular flexibility index (Phi) is 2.53. The number of carbonyl (C=O) groups is 2. The van der Waals surface area contributed by atoms with E-state index in [0.717, 1.165) is 25.7 Å². The van der Waals surface area contributed by atoms with Crippen LogP contribution < -0.4 is 0 Å². The lowest BCUT2D eigenvalue weighted by Crippen LogP contribution is -2.53. The zero-order valence-electron chi connectivity index (χ0n) is 14.0. The van der Waals surface area contributed by atoms with Crippen molar-refractivity contribution in [3.63, 3.8) is 0 Å². The number of esters is 1. The molecule has 1 aliphatic heterocycles. The maximum Gasteiger partial charge on any atom is 0.315 e. The van der Waals surface area contributed by atoms with Crippen LogP contribution in [0.2, 0.25) is 0 Å². The third-order valence-corrected chi connectivity index (χ3v) is 8.46. The van der Waals surface area contributed by atoms with Crippen molar-refractivity contribution in [2.24, 2.45) is 34.5 Å². The number of aliphatic hydroxyl groups is 1. The maximum atomic E-state index is 12.7. The highest BCUT2D eigenvalue weighted by molar-refractivity contribution is 5.85. The summed E-state index contributed by atoms with van der Waals surface area (Å²) in [5.74, 6) is -1.78. The number of carboxylic acids is 1. The third kappa shape index (κ3) is 1.29. The first kappa shape index (κ1) is 14.9. The molecule has 0 aromatic carbocycles. The summed E-state index contributed by atoms with van der Waals surface area (Å²) in [5, 5.41) is 20.8. The summed E-state index contributed by atoms with van der Waals surface area (Å²) in [4.78, 5) is 25.1.